The minimum absolute atomic E-state index is 0.809. The maximum absolute atomic E-state index is 5.62. The lowest BCUT2D eigenvalue weighted by atomic mass is 10.0. The zero-order chi connectivity index (χ0) is 13.8. The molecule has 0 amide bonds. The number of rotatable bonds is 11. The van der Waals surface area contributed by atoms with E-state index in [4.69, 9.17) is 4.74 Å². The topological polar surface area (TPSA) is 9.23 Å². The van der Waals surface area contributed by atoms with Gasteiger partial charge in [0.2, 0.25) is 0 Å². The van der Waals surface area contributed by atoms with Crippen LogP contribution in [-0.2, 0) is 6.42 Å². The summed E-state index contributed by atoms with van der Waals surface area (Å²) in [4.78, 5) is 0. The second-order valence-corrected chi connectivity index (χ2v) is 5.28. The summed E-state index contributed by atoms with van der Waals surface area (Å²) in [6.45, 7) is 5.25. The van der Waals surface area contributed by atoms with E-state index >= 15 is 0 Å². The predicted octanol–water partition coefficient (Wildman–Crippen LogP) is 5.57. The van der Waals surface area contributed by atoms with E-state index in [0.29, 0.717) is 0 Å². The third-order valence-electron chi connectivity index (χ3n) is 3.42. The predicted molar refractivity (Wildman–Crippen MR) is 82.8 cm³/mol. The molecule has 0 N–H and O–H groups in total. The molecule has 107 valence electrons. The highest BCUT2D eigenvalue weighted by Crippen LogP contribution is 2.14. The zero-order valence-electron chi connectivity index (χ0n) is 12.7. The monoisotopic (exact) mass is 261 g/mol. The third-order valence-corrected chi connectivity index (χ3v) is 3.42. The Morgan fingerprint density at radius 1 is 0.895 bits per heavy atom. The van der Waals surface area contributed by atoms with Crippen molar-refractivity contribution in [2.45, 2.75) is 71.6 Å². The Morgan fingerprint density at radius 2 is 1.63 bits per heavy atom. The molecule has 1 rings (SSSR count). The molecule has 1 heteroatoms. The SMILES string of the molecule is CCCCCCCCc1c[c]c(OCCCC)cc1. The Balaban J connectivity index is 2.13. The van der Waals surface area contributed by atoms with Crippen LogP contribution in [0.5, 0.6) is 5.75 Å². The van der Waals surface area contributed by atoms with Gasteiger partial charge in [-0.1, -0.05) is 58.4 Å². The van der Waals surface area contributed by atoms with E-state index in [2.05, 4.69) is 38.1 Å². The molecule has 1 radical (unpaired) electrons. The number of hydrogen-bond donors (Lipinski definition) is 0. The molecule has 0 aliphatic rings. The lowest BCUT2D eigenvalue weighted by Gasteiger charge is -2.06. The fraction of sp³-hybridized carbons (Fsp3) is 0.667. The average Bonchev–Trinajstić information content (AvgIpc) is 2.44. The van der Waals surface area contributed by atoms with Crippen molar-refractivity contribution in [3.8, 4) is 5.75 Å². The summed E-state index contributed by atoms with van der Waals surface area (Å²) in [5, 5.41) is 0. The highest BCUT2D eigenvalue weighted by atomic mass is 16.5. The van der Waals surface area contributed by atoms with Crippen molar-refractivity contribution < 1.29 is 4.74 Å². The maximum Gasteiger partial charge on any atom is 0.127 e. The molecule has 1 aromatic rings. The molecular weight excluding hydrogens is 232 g/mol. The molecule has 0 fully saturated rings. The van der Waals surface area contributed by atoms with Gasteiger partial charge in [0, 0.05) is 6.07 Å². The van der Waals surface area contributed by atoms with Crippen LogP contribution < -0.4 is 4.74 Å². The first-order chi connectivity index (χ1) is 9.36. The van der Waals surface area contributed by atoms with Gasteiger partial charge >= 0.3 is 0 Å². The molecule has 0 saturated carbocycles. The Morgan fingerprint density at radius 3 is 2.32 bits per heavy atom. The summed E-state index contributed by atoms with van der Waals surface area (Å²) < 4.78 is 5.62. The first-order valence-electron chi connectivity index (χ1n) is 8.00. The van der Waals surface area contributed by atoms with Crippen LogP contribution in [0.4, 0.5) is 0 Å². The minimum atomic E-state index is 0.809. The number of unbranched alkanes of at least 4 members (excludes halogenated alkanes) is 6. The van der Waals surface area contributed by atoms with Gasteiger partial charge in [-0.05, 0) is 37.0 Å². The summed E-state index contributed by atoms with van der Waals surface area (Å²) >= 11 is 0. The molecule has 0 aliphatic heterocycles. The standard InChI is InChI=1S/C18H29O/c1-3-5-7-8-9-10-11-17-12-14-18(15-13-17)19-16-6-4-2/h12-14H,3-11,16H2,1-2H3. The normalized spacial score (nSPS) is 10.6. The fourth-order valence-electron chi connectivity index (χ4n) is 2.12. The van der Waals surface area contributed by atoms with Crippen molar-refractivity contribution in [3.05, 3.63) is 29.8 Å². The summed E-state index contributed by atoms with van der Waals surface area (Å²) in [6.07, 6.45) is 11.6. The van der Waals surface area contributed by atoms with Crippen molar-refractivity contribution in [2.75, 3.05) is 6.61 Å². The quantitative estimate of drug-likeness (QED) is 0.473. The van der Waals surface area contributed by atoms with Gasteiger partial charge in [0.15, 0.2) is 0 Å². The number of aryl methyl sites for hydroxylation is 1. The van der Waals surface area contributed by atoms with Gasteiger partial charge in [-0.2, -0.15) is 0 Å². The lowest BCUT2D eigenvalue weighted by molar-refractivity contribution is 0.308. The van der Waals surface area contributed by atoms with E-state index in [1.807, 2.05) is 0 Å². The van der Waals surface area contributed by atoms with Crippen LogP contribution in [0.15, 0.2) is 18.2 Å². The molecule has 19 heavy (non-hydrogen) atoms. The summed E-state index contributed by atoms with van der Waals surface area (Å²) in [6, 6.07) is 9.57. The van der Waals surface area contributed by atoms with Crippen LogP contribution in [0, 0.1) is 6.07 Å². The lowest BCUT2D eigenvalue weighted by Crippen LogP contribution is -1.96. The van der Waals surface area contributed by atoms with Crippen LogP contribution in [0.3, 0.4) is 0 Å². The first kappa shape index (κ1) is 16.1. The van der Waals surface area contributed by atoms with Gasteiger partial charge in [0.05, 0.1) is 6.61 Å². The average molecular weight is 261 g/mol. The van der Waals surface area contributed by atoms with Crippen molar-refractivity contribution in [2.24, 2.45) is 0 Å². The molecule has 0 aromatic heterocycles. The third kappa shape index (κ3) is 7.92. The molecule has 0 spiro atoms. The molecular formula is C18H29O. The molecule has 0 heterocycles. The minimum Gasteiger partial charge on any atom is -0.493 e. The second kappa shape index (κ2) is 10.9. The smallest absolute Gasteiger partial charge is 0.127 e. The molecule has 1 aromatic carbocycles. The van der Waals surface area contributed by atoms with Crippen LogP contribution in [0.25, 0.3) is 0 Å². The van der Waals surface area contributed by atoms with Gasteiger partial charge < -0.3 is 4.74 Å². The van der Waals surface area contributed by atoms with E-state index in [9.17, 15) is 0 Å². The molecule has 0 bridgehead atoms. The largest absolute Gasteiger partial charge is 0.493 e. The number of hydrogen-bond acceptors (Lipinski definition) is 1. The van der Waals surface area contributed by atoms with E-state index in [1.165, 1.54) is 56.9 Å². The highest BCUT2D eigenvalue weighted by molar-refractivity contribution is 5.25. The van der Waals surface area contributed by atoms with Crippen LogP contribution >= 0.6 is 0 Å². The summed E-state index contributed by atoms with van der Waals surface area (Å²) in [5.74, 6) is 0.889. The van der Waals surface area contributed by atoms with Gasteiger partial charge in [0.1, 0.15) is 5.75 Å². The van der Waals surface area contributed by atoms with E-state index < -0.39 is 0 Å². The van der Waals surface area contributed by atoms with Gasteiger partial charge in [-0.25, -0.2) is 0 Å². The first-order valence-corrected chi connectivity index (χ1v) is 8.00. The van der Waals surface area contributed by atoms with Crippen LogP contribution in [0.1, 0.15) is 70.8 Å². The molecule has 0 aliphatic carbocycles. The highest BCUT2D eigenvalue weighted by Gasteiger charge is 1.97. The van der Waals surface area contributed by atoms with Crippen molar-refractivity contribution in [1.29, 1.82) is 0 Å². The summed E-state index contributed by atoms with van der Waals surface area (Å²) in [5.41, 5.74) is 1.39. The van der Waals surface area contributed by atoms with Crippen molar-refractivity contribution in [1.82, 2.24) is 0 Å². The molecule has 0 atom stereocenters. The maximum atomic E-state index is 5.62. The van der Waals surface area contributed by atoms with E-state index in [1.54, 1.807) is 0 Å². The Labute approximate surface area is 119 Å². The van der Waals surface area contributed by atoms with E-state index in [0.717, 1.165) is 18.8 Å². The zero-order valence-corrected chi connectivity index (χ0v) is 12.7. The Hall–Kier alpha value is -0.980. The number of benzene rings is 1. The second-order valence-electron chi connectivity index (χ2n) is 5.28. The van der Waals surface area contributed by atoms with Crippen molar-refractivity contribution in [3.63, 3.8) is 0 Å². The summed E-state index contributed by atoms with van der Waals surface area (Å²) in [7, 11) is 0. The molecule has 0 unspecified atom stereocenters. The Kier molecular flexibility index (Phi) is 9.22. The number of ether oxygens (including phenoxy) is 1. The van der Waals surface area contributed by atoms with Gasteiger partial charge in [-0.3, -0.25) is 0 Å². The van der Waals surface area contributed by atoms with Gasteiger partial charge in [-0.15, -0.1) is 0 Å². The van der Waals surface area contributed by atoms with Gasteiger partial charge in [0.25, 0.3) is 0 Å². The molecule has 0 saturated heterocycles. The Bertz CT molecular complexity index is 302. The van der Waals surface area contributed by atoms with E-state index in [-0.39, 0.29) is 0 Å². The van der Waals surface area contributed by atoms with Crippen LogP contribution in [0.2, 0.25) is 0 Å². The van der Waals surface area contributed by atoms with Crippen LogP contribution in [-0.4, -0.2) is 6.61 Å². The fourth-order valence-corrected chi connectivity index (χ4v) is 2.12. The van der Waals surface area contributed by atoms with Crippen molar-refractivity contribution >= 4 is 0 Å². The molecule has 1 nitrogen and oxygen atoms in total.